The Kier molecular flexibility index (Phi) is 3.90. The van der Waals surface area contributed by atoms with Crippen LogP contribution in [0.1, 0.15) is 25.6 Å². The fourth-order valence-electron chi connectivity index (χ4n) is 2.25. The third kappa shape index (κ3) is 2.80. The zero-order valence-corrected chi connectivity index (χ0v) is 10.2. The van der Waals surface area contributed by atoms with Gasteiger partial charge in [-0.2, -0.15) is 5.10 Å². The van der Waals surface area contributed by atoms with Crippen LogP contribution in [0.2, 0.25) is 0 Å². The molecule has 1 N–H and O–H groups in total. The molecule has 0 saturated carbocycles. The van der Waals surface area contributed by atoms with Gasteiger partial charge in [0.2, 0.25) is 0 Å². The van der Waals surface area contributed by atoms with E-state index in [4.69, 9.17) is 0 Å². The maximum absolute atomic E-state index is 4.26. The molecule has 0 radical (unpaired) electrons. The van der Waals surface area contributed by atoms with E-state index in [2.05, 4.69) is 27.2 Å². The van der Waals surface area contributed by atoms with E-state index in [1.165, 1.54) is 12.8 Å². The van der Waals surface area contributed by atoms with Gasteiger partial charge < -0.3 is 5.32 Å². The van der Waals surface area contributed by atoms with Crippen LogP contribution in [0.3, 0.4) is 0 Å². The maximum atomic E-state index is 4.26. The third-order valence-electron chi connectivity index (χ3n) is 3.25. The van der Waals surface area contributed by atoms with E-state index in [0.29, 0.717) is 6.04 Å². The summed E-state index contributed by atoms with van der Waals surface area (Å²) in [5, 5.41) is 7.61. The Morgan fingerprint density at radius 2 is 2.19 bits per heavy atom. The van der Waals surface area contributed by atoms with Gasteiger partial charge in [0, 0.05) is 26.2 Å². The first-order chi connectivity index (χ1) is 7.79. The van der Waals surface area contributed by atoms with Crippen molar-refractivity contribution in [1.29, 1.82) is 0 Å². The second-order valence-electron chi connectivity index (χ2n) is 4.41. The fraction of sp³-hybridized carbons (Fsp3) is 0.818. The molecule has 1 fully saturated rings. The van der Waals surface area contributed by atoms with E-state index in [-0.39, 0.29) is 0 Å². The second-order valence-corrected chi connectivity index (χ2v) is 4.41. The van der Waals surface area contributed by atoms with Crippen molar-refractivity contribution in [1.82, 2.24) is 25.0 Å². The van der Waals surface area contributed by atoms with Crippen LogP contribution in [-0.4, -0.2) is 45.3 Å². The van der Waals surface area contributed by atoms with Gasteiger partial charge >= 0.3 is 0 Å². The predicted octanol–water partition coefficient (Wildman–Crippen LogP) is 0.389. The lowest BCUT2D eigenvalue weighted by Gasteiger charge is -2.31. The normalized spacial score (nSPS) is 19.1. The maximum Gasteiger partial charge on any atom is 0.140 e. The van der Waals surface area contributed by atoms with Gasteiger partial charge in [-0.25, -0.2) is 4.98 Å². The van der Waals surface area contributed by atoms with Crippen LogP contribution in [0.5, 0.6) is 0 Å². The Balaban J connectivity index is 1.79. The number of hydrogen-bond acceptors (Lipinski definition) is 4. The van der Waals surface area contributed by atoms with Gasteiger partial charge in [-0.05, 0) is 19.4 Å². The van der Waals surface area contributed by atoms with Gasteiger partial charge in [-0.15, -0.1) is 0 Å². The van der Waals surface area contributed by atoms with Crippen molar-refractivity contribution < 1.29 is 0 Å². The van der Waals surface area contributed by atoms with Crippen LogP contribution in [0, 0.1) is 0 Å². The summed E-state index contributed by atoms with van der Waals surface area (Å²) in [5.41, 5.74) is 0. The molecule has 1 saturated heterocycles. The Hall–Kier alpha value is -0.940. The van der Waals surface area contributed by atoms with Crippen molar-refractivity contribution >= 4 is 0 Å². The molecule has 0 atom stereocenters. The molecule has 5 nitrogen and oxygen atoms in total. The molecular formula is C11H21N5. The summed E-state index contributed by atoms with van der Waals surface area (Å²) in [5.74, 6) is 1.06. The van der Waals surface area contributed by atoms with E-state index in [1.54, 1.807) is 6.33 Å². The topological polar surface area (TPSA) is 46.0 Å². The fourth-order valence-corrected chi connectivity index (χ4v) is 2.25. The molecular weight excluding hydrogens is 202 g/mol. The highest BCUT2D eigenvalue weighted by atomic mass is 15.3. The monoisotopic (exact) mass is 223 g/mol. The summed E-state index contributed by atoms with van der Waals surface area (Å²) in [7, 11) is 1.95. The third-order valence-corrected chi connectivity index (χ3v) is 3.25. The molecule has 0 amide bonds. The van der Waals surface area contributed by atoms with Crippen molar-refractivity contribution in [2.45, 2.75) is 32.4 Å². The lowest BCUT2D eigenvalue weighted by atomic mass is 10.1. The number of hydrogen-bond donors (Lipinski definition) is 1. The van der Waals surface area contributed by atoms with Crippen LogP contribution in [0.4, 0.5) is 0 Å². The first-order valence-corrected chi connectivity index (χ1v) is 6.08. The first-order valence-electron chi connectivity index (χ1n) is 6.08. The summed E-state index contributed by atoms with van der Waals surface area (Å²) in [6, 6.07) is 0.709. The minimum absolute atomic E-state index is 0.709. The molecule has 0 bridgehead atoms. The Labute approximate surface area is 96.8 Å². The minimum Gasteiger partial charge on any atom is -0.314 e. The Morgan fingerprint density at radius 3 is 2.75 bits per heavy atom. The van der Waals surface area contributed by atoms with Gasteiger partial charge in [0.1, 0.15) is 12.2 Å². The molecule has 0 aliphatic carbocycles. The lowest BCUT2D eigenvalue weighted by Crippen LogP contribution is -2.42. The number of aromatic nitrogens is 3. The standard InChI is InChI=1S/C11H21N5/c1-3-12-10-4-6-16(7-5-10)8-11-13-9-14-15(11)2/h9-10,12H,3-8H2,1-2H3. The summed E-state index contributed by atoms with van der Waals surface area (Å²) in [4.78, 5) is 6.72. The molecule has 0 unspecified atom stereocenters. The predicted molar refractivity (Wildman–Crippen MR) is 63.0 cm³/mol. The molecule has 5 heteroatoms. The summed E-state index contributed by atoms with van der Waals surface area (Å²) in [6.07, 6.45) is 4.11. The number of likely N-dealkylation sites (tertiary alicyclic amines) is 1. The quantitative estimate of drug-likeness (QED) is 0.802. The highest BCUT2D eigenvalue weighted by Crippen LogP contribution is 2.12. The Morgan fingerprint density at radius 1 is 1.44 bits per heavy atom. The van der Waals surface area contributed by atoms with Crippen molar-refractivity contribution in [2.75, 3.05) is 19.6 Å². The zero-order valence-electron chi connectivity index (χ0n) is 10.2. The summed E-state index contributed by atoms with van der Waals surface area (Å²) >= 11 is 0. The van der Waals surface area contributed by atoms with Crippen molar-refractivity contribution in [3.05, 3.63) is 12.2 Å². The van der Waals surface area contributed by atoms with Crippen molar-refractivity contribution in [2.24, 2.45) is 7.05 Å². The van der Waals surface area contributed by atoms with E-state index in [1.807, 2.05) is 11.7 Å². The second kappa shape index (κ2) is 5.41. The van der Waals surface area contributed by atoms with Crippen molar-refractivity contribution in [3.63, 3.8) is 0 Å². The summed E-state index contributed by atoms with van der Waals surface area (Å²) in [6.45, 7) is 6.49. The number of rotatable bonds is 4. The highest BCUT2D eigenvalue weighted by molar-refractivity contribution is 4.86. The molecule has 1 aliphatic rings. The molecule has 1 aromatic rings. The van der Waals surface area contributed by atoms with Gasteiger partial charge in [0.25, 0.3) is 0 Å². The van der Waals surface area contributed by atoms with Crippen LogP contribution in [0.15, 0.2) is 6.33 Å². The lowest BCUT2D eigenvalue weighted by molar-refractivity contribution is 0.186. The molecule has 1 aromatic heterocycles. The summed E-state index contributed by atoms with van der Waals surface area (Å²) < 4.78 is 1.86. The minimum atomic E-state index is 0.709. The average molecular weight is 223 g/mol. The van der Waals surface area contributed by atoms with E-state index in [0.717, 1.165) is 32.0 Å². The van der Waals surface area contributed by atoms with Gasteiger partial charge in [0.15, 0.2) is 0 Å². The first kappa shape index (κ1) is 11.5. The van der Waals surface area contributed by atoms with Crippen LogP contribution >= 0.6 is 0 Å². The zero-order chi connectivity index (χ0) is 11.4. The van der Waals surface area contributed by atoms with E-state index >= 15 is 0 Å². The molecule has 2 heterocycles. The van der Waals surface area contributed by atoms with E-state index < -0.39 is 0 Å². The average Bonchev–Trinajstić information content (AvgIpc) is 2.68. The SMILES string of the molecule is CCNC1CCN(Cc2ncnn2C)CC1. The number of nitrogens with zero attached hydrogens (tertiary/aromatic N) is 4. The van der Waals surface area contributed by atoms with Crippen molar-refractivity contribution in [3.8, 4) is 0 Å². The number of piperidine rings is 1. The largest absolute Gasteiger partial charge is 0.314 e. The number of aryl methyl sites for hydroxylation is 1. The molecule has 16 heavy (non-hydrogen) atoms. The molecule has 2 rings (SSSR count). The van der Waals surface area contributed by atoms with Gasteiger partial charge in [-0.3, -0.25) is 9.58 Å². The van der Waals surface area contributed by atoms with Crippen LogP contribution in [-0.2, 0) is 13.6 Å². The van der Waals surface area contributed by atoms with Gasteiger partial charge in [-0.1, -0.05) is 6.92 Å². The molecule has 0 aromatic carbocycles. The molecule has 0 spiro atoms. The number of nitrogens with one attached hydrogen (secondary N) is 1. The van der Waals surface area contributed by atoms with Gasteiger partial charge in [0.05, 0.1) is 6.54 Å². The van der Waals surface area contributed by atoms with Crippen LogP contribution in [0.25, 0.3) is 0 Å². The van der Waals surface area contributed by atoms with E-state index in [9.17, 15) is 0 Å². The molecule has 90 valence electrons. The highest BCUT2D eigenvalue weighted by Gasteiger charge is 2.19. The Bertz CT molecular complexity index is 314. The smallest absolute Gasteiger partial charge is 0.140 e. The van der Waals surface area contributed by atoms with Crippen LogP contribution < -0.4 is 5.32 Å². The molecule has 1 aliphatic heterocycles.